The fourth-order valence-electron chi connectivity index (χ4n) is 1.71. The Bertz CT molecular complexity index is 185. The smallest absolute Gasteiger partial charge is 0.307 e. The van der Waals surface area contributed by atoms with Gasteiger partial charge in [-0.15, -0.1) is 0 Å². The van der Waals surface area contributed by atoms with Crippen LogP contribution in [0.2, 0.25) is 0 Å². The summed E-state index contributed by atoms with van der Waals surface area (Å²) < 4.78 is 4.84. The van der Waals surface area contributed by atoms with Crippen molar-refractivity contribution >= 4 is 5.97 Å². The van der Waals surface area contributed by atoms with E-state index in [-0.39, 0.29) is 5.97 Å². The Morgan fingerprint density at radius 3 is 3.00 bits per heavy atom. The molecule has 1 fully saturated rings. The molecule has 0 aromatic heterocycles. The summed E-state index contributed by atoms with van der Waals surface area (Å²) in [7, 11) is 2.12. The normalized spacial score (nSPS) is 22.6. The van der Waals surface area contributed by atoms with Gasteiger partial charge in [-0.2, -0.15) is 0 Å². The monoisotopic (exact) mass is 200 g/mol. The highest BCUT2D eigenvalue weighted by Gasteiger charge is 2.18. The van der Waals surface area contributed by atoms with Crippen LogP contribution in [0.3, 0.4) is 0 Å². The van der Waals surface area contributed by atoms with Crippen molar-refractivity contribution in [1.82, 2.24) is 10.2 Å². The summed E-state index contributed by atoms with van der Waals surface area (Å²) in [6.07, 6.45) is 1.66. The molecule has 1 rings (SSSR count). The Kier molecular flexibility index (Phi) is 4.90. The standard InChI is InChI=1S/C10H20N2O2/c1-3-14-10(13)4-6-11-9-5-7-12(2)8-9/h9,11H,3-8H2,1-2H3. The maximum absolute atomic E-state index is 11.0. The van der Waals surface area contributed by atoms with Gasteiger partial charge in [0, 0.05) is 19.1 Å². The summed E-state index contributed by atoms with van der Waals surface area (Å²) >= 11 is 0. The first-order chi connectivity index (χ1) is 6.72. The molecule has 1 N–H and O–H groups in total. The molecular formula is C10H20N2O2. The van der Waals surface area contributed by atoms with E-state index in [0.29, 0.717) is 19.1 Å². The number of nitrogens with one attached hydrogen (secondary N) is 1. The Balaban J connectivity index is 2.01. The van der Waals surface area contributed by atoms with Gasteiger partial charge in [-0.1, -0.05) is 0 Å². The number of carbonyl (C=O) groups excluding carboxylic acids is 1. The van der Waals surface area contributed by atoms with Gasteiger partial charge in [-0.05, 0) is 26.9 Å². The minimum Gasteiger partial charge on any atom is -0.466 e. The quantitative estimate of drug-likeness (QED) is 0.645. The van der Waals surface area contributed by atoms with Crippen molar-refractivity contribution in [2.75, 3.05) is 33.3 Å². The second-order valence-corrected chi connectivity index (χ2v) is 3.76. The summed E-state index contributed by atoms with van der Waals surface area (Å²) in [6, 6.07) is 0.550. The molecular weight excluding hydrogens is 180 g/mol. The molecule has 1 aliphatic heterocycles. The van der Waals surface area contributed by atoms with Crippen molar-refractivity contribution in [3.8, 4) is 0 Å². The van der Waals surface area contributed by atoms with Gasteiger partial charge in [0.1, 0.15) is 0 Å². The first-order valence-electron chi connectivity index (χ1n) is 5.30. The van der Waals surface area contributed by atoms with Crippen molar-refractivity contribution in [2.24, 2.45) is 0 Å². The van der Waals surface area contributed by atoms with E-state index in [1.165, 1.54) is 6.42 Å². The highest BCUT2D eigenvalue weighted by Crippen LogP contribution is 2.05. The SMILES string of the molecule is CCOC(=O)CCNC1CCN(C)C1. The van der Waals surface area contributed by atoms with Crippen LogP contribution in [0.25, 0.3) is 0 Å². The third-order valence-electron chi connectivity index (χ3n) is 2.46. The van der Waals surface area contributed by atoms with Crippen molar-refractivity contribution < 1.29 is 9.53 Å². The Hall–Kier alpha value is -0.610. The van der Waals surface area contributed by atoms with Crippen molar-refractivity contribution in [3.05, 3.63) is 0 Å². The second-order valence-electron chi connectivity index (χ2n) is 3.76. The van der Waals surface area contributed by atoms with Crippen molar-refractivity contribution in [2.45, 2.75) is 25.8 Å². The minimum absolute atomic E-state index is 0.105. The molecule has 0 bridgehead atoms. The van der Waals surface area contributed by atoms with E-state index in [4.69, 9.17) is 4.74 Å². The zero-order valence-electron chi connectivity index (χ0n) is 9.08. The number of hydrogen-bond donors (Lipinski definition) is 1. The zero-order chi connectivity index (χ0) is 10.4. The molecule has 0 aromatic carbocycles. The minimum atomic E-state index is -0.105. The van der Waals surface area contributed by atoms with E-state index < -0.39 is 0 Å². The Morgan fingerprint density at radius 1 is 1.64 bits per heavy atom. The maximum Gasteiger partial charge on any atom is 0.307 e. The zero-order valence-corrected chi connectivity index (χ0v) is 9.08. The van der Waals surface area contributed by atoms with Gasteiger partial charge in [-0.3, -0.25) is 4.79 Å². The summed E-state index contributed by atoms with van der Waals surface area (Å²) in [4.78, 5) is 13.3. The molecule has 0 radical (unpaired) electrons. The predicted molar refractivity (Wildman–Crippen MR) is 55.2 cm³/mol. The summed E-state index contributed by atoms with van der Waals surface area (Å²) in [5, 5.41) is 3.36. The van der Waals surface area contributed by atoms with Crippen LogP contribution in [0.1, 0.15) is 19.8 Å². The van der Waals surface area contributed by atoms with Crippen LogP contribution in [-0.4, -0.2) is 50.2 Å². The Labute approximate surface area is 85.6 Å². The summed E-state index contributed by atoms with van der Waals surface area (Å²) in [5.41, 5.74) is 0. The van der Waals surface area contributed by atoms with E-state index in [1.807, 2.05) is 6.92 Å². The van der Waals surface area contributed by atoms with Crippen molar-refractivity contribution in [3.63, 3.8) is 0 Å². The molecule has 1 unspecified atom stereocenters. The van der Waals surface area contributed by atoms with Gasteiger partial charge in [0.2, 0.25) is 0 Å². The fourth-order valence-corrected chi connectivity index (χ4v) is 1.71. The third kappa shape index (κ3) is 4.07. The number of likely N-dealkylation sites (N-methyl/N-ethyl adjacent to an activating group) is 1. The largest absolute Gasteiger partial charge is 0.466 e. The first kappa shape index (κ1) is 11.5. The number of rotatable bonds is 5. The molecule has 1 heterocycles. The molecule has 0 aliphatic carbocycles. The number of ether oxygens (including phenoxy) is 1. The van der Waals surface area contributed by atoms with Gasteiger partial charge in [0.25, 0.3) is 0 Å². The molecule has 82 valence electrons. The van der Waals surface area contributed by atoms with Gasteiger partial charge in [0.05, 0.1) is 13.0 Å². The summed E-state index contributed by atoms with van der Waals surface area (Å²) in [6.45, 7) is 5.28. The number of likely N-dealkylation sites (tertiary alicyclic amines) is 1. The predicted octanol–water partition coefficient (Wildman–Crippen LogP) is 0.233. The lowest BCUT2D eigenvalue weighted by atomic mass is 10.2. The van der Waals surface area contributed by atoms with E-state index in [2.05, 4.69) is 17.3 Å². The molecule has 4 heteroatoms. The maximum atomic E-state index is 11.0. The van der Waals surface area contributed by atoms with E-state index in [9.17, 15) is 4.79 Å². The van der Waals surface area contributed by atoms with Gasteiger partial charge < -0.3 is 15.0 Å². The van der Waals surface area contributed by atoms with Crippen LogP contribution in [0.15, 0.2) is 0 Å². The van der Waals surface area contributed by atoms with E-state index in [1.54, 1.807) is 0 Å². The van der Waals surface area contributed by atoms with Gasteiger partial charge in [-0.25, -0.2) is 0 Å². The highest BCUT2D eigenvalue weighted by molar-refractivity contribution is 5.69. The summed E-state index contributed by atoms with van der Waals surface area (Å²) in [5.74, 6) is -0.105. The van der Waals surface area contributed by atoms with E-state index >= 15 is 0 Å². The molecule has 0 aromatic rings. The molecule has 0 amide bonds. The molecule has 0 spiro atoms. The van der Waals surface area contributed by atoms with Gasteiger partial charge in [0.15, 0.2) is 0 Å². The molecule has 14 heavy (non-hydrogen) atoms. The van der Waals surface area contributed by atoms with Crippen LogP contribution in [0.4, 0.5) is 0 Å². The molecule has 0 saturated carbocycles. The van der Waals surface area contributed by atoms with Crippen LogP contribution in [-0.2, 0) is 9.53 Å². The lowest BCUT2D eigenvalue weighted by Crippen LogP contribution is -2.33. The average molecular weight is 200 g/mol. The van der Waals surface area contributed by atoms with E-state index in [0.717, 1.165) is 19.6 Å². The van der Waals surface area contributed by atoms with Crippen LogP contribution < -0.4 is 5.32 Å². The van der Waals surface area contributed by atoms with Crippen LogP contribution >= 0.6 is 0 Å². The molecule has 1 atom stereocenters. The van der Waals surface area contributed by atoms with Crippen LogP contribution in [0, 0.1) is 0 Å². The number of carbonyl (C=O) groups is 1. The topological polar surface area (TPSA) is 41.6 Å². The number of hydrogen-bond acceptors (Lipinski definition) is 4. The highest BCUT2D eigenvalue weighted by atomic mass is 16.5. The average Bonchev–Trinajstić information content (AvgIpc) is 2.52. The first-order valence-corrected chi connectivity index (χ1v) is 5.30. The fraction of sp³-hybridized carbons (Fsp3) is 0.900. The Morgan fingerprint density at radius 2 is 2.43 bits per heavy atom. The number of esters is 1. The number of nitrogens with zero attached hydrogens (tertiary/aromatic N) is 1. The van der Waals surface area contributed by atoms with Gasteiger partial charge >= 0.3 is 5.97 Å². The lowest BCUT2D eigenvalue weighted by molar-refractivity contribution is -0.142. The molecule has 1 aliphatic rings. The lowest BCUT2D eigenvalue weighted by Gasteiger charge is -2.11. The molecule has 4 nitrogen and oxygen atoms in total. The van der Waals surface area contributed by atoms with Crippen LogP contribution in [0.5, 0.6) is 0 Å². The molecule has 1 saturated heterocycles. The van der Waals surface area contributed by atoms with Crippen molar-refractivity contribution in [1.29, 1.82) is 0 Å². The third-order valence-corrected chi connectivity index (χ3v) is 2.46. The second kappa shape index (κ2) is 5.98.